The topological polar surface area (TPSA) is 161 Å². The van der Waals surface area contributed by atoms with E-state index in [4.69, 9.17) is 10.5 Å². The number of hydrogen-bond donors (Lipinski definition) is 3. The molecule has 13 heteroatoms. The third kappa shape index (κ3) is 8.10. The number of phenols is 1. The van der Waals surface area contributed by atoms with Crippen molar-refractivity contribution in [2.24, 2.45) is 7.05 Å². The maximum Gasteiger partial charge on any atom is 0.329 e. The molecule has 7 rings (SSSR count). The van der Waals surface area contributed by atoms with Gasteiger partial charge in [-0.15, -0.1) is 10.2 Å². The van der Waals surface area contributed by atoms with Crippen LogP contribution in [0.4, 0.5) is 11.5 Å². The second-order valence-corrected chi connectivity index (χ2v) is 14.3. The van der Waals surface area contributed by atoms with E-state index in [1.54, 1.807) is 28.3 Å². The van der Waals surface area contributed by atoms with Crippen molar-refractivity contribution in [3.05, 3.63) is 94.4 Å². The molecule has 0 radical (unpaired) electrons. The Bertz CT molecular complexity index is 2170. The first-order valence-corrected chi connectivity index (χ1v) is 18.9. The van der Waals surface area contributed by atoms with Crippen molar-refractivity contribution < 1.29 is 19.4 Å². The SMILES string of the molecule is Cn1c(=O)n(C2CCC(=O)NC2=O)c2cccc(CCCCCCCOc3ccc(CN4CCN(c5cc(-c6ccccc6O)nnc5N)CC4)cc3)c21. The van der Waals surface area contributed by atoms with Gasteiger partial charge in [-0.2, -0.15) is 0 Å². The molecule has 0 aliphatic carbocycles. The summed E-state index contributed by atoms with van der Waals surface area (Å²) in [6.07, 6.45) is 6.65. The van der Waals surface area contributed by atoms with Crippen LogP contribution >= 0.6 is 0 Å². The summed E-state index contributed by atoms with van der Waals surface area (Å²) in [5, 5.41) is 21.0. The Kier molecular flexibility index (Phi) is 11.2. The third-order valence-electron chi connectivity index (χ3n) is 10.6. The molecule has 4 N–H and O–H groups in total. The van der Waals surface area contributed by atoms with E-state index in [0.29, 0.717) is 30.1 Å². The lowest BCUT2D eigenvalue weighted by Gasteiger charge is -2.36. The first-order valence-electron chi connectivity index (χ1n) is 18.9. The Hall–Kier alpha value is -5.69. The number of benzene rings is 3. The highest BCUT2D eigenvalue weighted by molar-refractivity contribution is 6.00. The van der Waals surface area contributed by atoms with Crippen molar-refractivity contribution in [1.82, 2.24) is 29.5 Å². The molecule has 0 saturated carbocycles. The highest BCUT2D eigenvalue weighted by Gasteiger charge is 2.31. The van der Waals surface area contributed by atoms with Crippen LogP contribution in [0.5, 0.6) is 11.5 Å². The average molecular weight is 733 g/mol. The number of carbonyl (C=O) groups is 2. The second kappa shape index (κ2) is 16.5. The van der Waals surface area contributed by atoms with Crippen LogP contribution < -0.4 is 26.4 Å². The van der Waals surface area contributed by atoms with Crippen LogP contribution in [0.25, 0.3) is 22.3 Å². The summed E-state index contributed by atoms with van der Waals surface area (Å²) >= 11 is 0. The Morgan fingerprint density at radius 2 is 1.65 bits per heavy atom. The van der Waals surface area contributed by atoms with Gasteiger partial charge < -0.3 is 20.5 Å². The number of nitrogens with one attached hydrogen (secondary N) is 1. The fourth-order valence-corrected chi connectivity index (χ4v) is 7.65. The normalized spacial score (nSPS) is 16.5. The maximum atomic E-state index is 13.2. The number of unbranched alkanes of at least 4 members (excludes halogenated alkanes) is 4. The van der Waals surface area contributed by atoms with Gasteiger partial charge in [0.2, 0.25) is 11.8 Å². The number of carbonyl (C=O) groups excluding carboxylic acids is 2. The van der Waals surface area contributed by atoms with Gasteiger partial charge in [-0.3, -0.25) is 28.9 Å². The number of rotatable bonds is 14. The smallest absolute Gasteiger partial charge is 0.329 e. The van der Waals surface area contributed by atoms with Gasteiger partial charge in [-0.1, -0.05) is 55.7 Å². The van der Waals surface area contributed by atoms with Crippen molar-refractivity contribution >= 4 is 34.4 Å². The molecule has 2 saturated heterocycles. The number of imide groups is 1. The number of imidazole rings is 1. The van der Waals surface area contributed by atoms with E-state index in [1.807, 2.05) is 30.3 Å². The van der Waals surface area contributed by atoms with E-state index in [-0.39, 0.29) is 23.8 Å². The van der Waals surface area contributed by atoms with Crippen LogP contribution in [-0.2, 0) is 29.6 Å². The van der Waals surface area contributed by atoms with Gasteiger partial charge in [-0.25, -0.2) is 4.79 Å². The maximum absolute atomic E-state index is 13.2. The summed E-state index contributed by atoms with van der Waals surface area (Å²) in [7, 11) is 1.75. The minimum Gasteiger partial charge on any atom is -0.507 e. The zero-order valence-electron chi connectivity index (χ0n) is 30.7. The number of anilines is 2. The molecule has 1 unspecified atom stereocenters. The Balaban J connectivity index is 0.810. The number of fused-ring (bicyclic) bond motifs is 1. The van der Waals surface area contributed by atoms with Crippen molar-refractivity contribution in [1.29, 1.82) is 0 Å². The number of ether oxygens (including phenoxy) is 1. The second-order valence-electron chi connectivity index (χ2n) is 14.3. The zero-order valence-corrected chi connectivity index (χ0v) is 30.7. The molecule has 0 spiro atoms. The van der Waals surface area contributed by atoms with Crippen LogP contribution in [0.2, 0.25) is 0 Å². The van der Waals surface area contributed by atoms with Crippen molar-refractivity contribution in [2.75, 3.05) is 43.4 Å². The number of phenolic OH excluding ortho intramolecular Hbond substituents is 1. The van der Waals surface area contributed by atoms with E-state index in [2.05, 4.69) is 55.6 Å². The molecule has 2 aliphatic heterocycles. The predicted molar refractivity (Wildman–Crippen MR) is 208 cm³/mol. The Morgan fingerprint density at radius 3 is 2.43 bits per heavy atom. The molecule has 3 aromatic carbocycles. The van der Waals surface area contributed by atoms with Crippen molar-refractivity contribution in [2.45, 2.75) is 64.0 Å². The van der Waals surface area contributed by atoms with Crippen LogP contribution in [0.15, 0.2) is 77.6 Å². The van der Waals surface area contributed by atoms with Gasteiger partial charge in [0.05, 0.1) is 29.0 Å². The van der Waals surface area contributed by atoms with E-state index in [9.17, 15) is 19.5 Å². The molecule has 0 bridgehead atoms. The number of aromatic nitrogens is 4. The molecular formula is C41H48N8O5. The first kappa shape index (κ1) is 36.7. The van der Waals surface area contributed by atoms with Crippen LogP contribution in [0, 0.1) is 0 Å². The monoisotopic (exact) mass is 732 g/mol. The third-order valence-corrected chi connectivity index (χ3v) is 10.6. The van der Waals surface area contributed by atoms with Crippen LogP contribution in [-0.4, -0.2) is 73.9 Å². The first-order chi connectivity index (χ1) is 26.3. The summed E-state index contributed by atoms with van der Waals surface area (Å²) in [4.78, 5) is 42.1. The number of para-hydroxylation sites is 2. The van der Waals surface area contributed by atoms with Crippen LogP contribution in [0.1, 0.15) is 62.1 Å². The van der Waals surface area contributed by atoms with E-state index in [0.717, 1.165) is 99.3 Å². The van der Waals surface area contributed by atoms with Gasteiger partial charge in [-0.05, 0) is 73.2 Å². The van der Waals surface area contributed by atoms with Gasteiger partial charge >= 0.3 is 5.69 Å². The number of piperidine rings is 1. The van der Waals surface area contributed by atoms with Gasteiger partial charge in [0.25, 0.3) is 0 Å². The molecule has 2 amide bonds. The lowest BCUT2D eigenvalue weighted by Crippen LogP contribution is -2.46. The van der Waals surface area contributed by atoms with Crippen molar-refractivity contribution in [3.63, 3.8) is 0 Å². The summed E-state index contributed by atoms with van der Waals surface area (Å²) in [6, 6.07) is 22.6. The molecule has 5 aromatic rings. The summed E-state index contributed by atoms with van der Waals surface area (Å²) in [6.45, 7) is 4.94. The fraction of sp³-hybridized carbons (Fsp3) is 0.390. The standard InChI is InChI=1S/C41H48N8O5/c1-46-38-29(11-9-13-33(38)49(41(46)53)34-19-20-37(51)43-40(34)52)10-5-3-2-4-8-25-54-30-17-15-28(16-18-30)27-47-21-23-48(24-22-47)35-26-32(44-45-39(35)42)31-12-6-7-14-36(31)50/h6-7,9,11-18,26,34,50H,2-5,8,10,19-25,27H2,1H3,(H2,42,45)(H,43,51,52). The number of nitrogens with zero attached hydrogens (tertiary/aromatic N) is 6. The largest absolute Gasteiger partial charge is 0.507 e. The summed E-state index contributed by atoms with van der Waals surface area (Å²) < 4.78 is 9.23. The molecule has 1 atom stereocenters. The lowest BCUT2D eigenvalue weighted by molar-refractivity contribution is -0.135. The molecule has 54 heavy (non-hydrogen) atoms. The molecule has 2 aromatic heterocycles. The molecule has 4 heterocycles. The van der Waals surface area contributed by atoms with Gasteiger partial charge in [0, 0.05) is 51.8 Å². The Labute approximate surface area is 314 Å². The molecular weight excluding hydrogens is 685 g/mol. The molecule has 2 fully saturated rings. The highest BCUT2D eigenvalue weighted by atomic mass is 16.5. The number of nitrogen functional groups attached to an aromatic ring is 1. The molecule has 2 aliphatic rings. The van der Waals surface area contributed by atoms with E-state index >= 15 is 0 Å². The summed E-state index contributed by atoms with van der Waals surface area (Å²) in [5.74, 6) is 0.729. The Morgan fingerprint density at radius 1 is 0.889 bits per heavy atom. The number of aromatic hydroxyl groups is 1. The zero-order chi connectivity index (χ0) is 37.6. The number of nitrogens with two attached hydrogens (primary N) is 1. The highest BCUT2D eigenvalue weighted by Crippen LogP contribution is 2.32. The fourth-order valence-electron chi connectivity index (χ4n) is 7.65. The lowest BCUT2D eigenvalue weighted by atomic mass is 10.0. The van der Waals surface area contributed by atoms with Crippen LogP contribution in [0.3, 0.4) is 0 Å². The minimum absolute atomic E-state index is 0.164. The number of amides is 2. The average Bonchev–Trinajstić information content (AvgIpc) is 3.43. The quantitative estimate of drug-likeness (QED) is 0.105. The molecule has 13 nitrogen and oxygen atoms in total. The summed E-state index contributed by atoms with van der Waals surface area (Å²) in [5.41, 5.74) is 12.0. The van der Waals surface area contributed by atoms with E-state index in [1.165, 1.54) is 5.56 Å². The number of hydrogen-bond acceptors (Lipinski definition) is 10. The number of piperazine rings is 1. The van der Waals surface area contributed by atoms with Crippen molar-refractivity contribution in [3.8, 4) is 22.8 Å². The van der Waals surface area contributed by atoms with Gasteiger partial charge in [0.1, 0.15) is 17.5 Å². The van der Waals surface area contributed by atoms with E-state index < -0.39 is 11.9 Å². The minimum atomic E-state index is -0.673. The predicted octanol–water partition coefficient (Wildman–Crippen LogP) is 4.96. The molecule has 282 valence electrons. The number of aryl methyl sites for hydroxylation is 2. The van der Waals surface area contributed by atoms with Gasteiger partial charge in [0.15, 0.2) is 5.82 Å².